The first-order valence-corrected chi connectivity index (χ1v) is 13.9. The van der Waals surface area contributed by atoms with Gasteiger partial charge in [0.2, 0.25) is 0 Å². The van der Waals surface area contributed by atoms with Crippen molar-refractivity contribution in [3.05, 3.63) is 77.4 Å². The summed E-state index contributed by atoms with van der Waals surface area (Å²) in [7, 11) is -3.91. The highest BCUT2D eigenvalue weighted by Crippen LogP contribution is 2.25. The van der Waals surface area contributed by atoms with E-state index in [0.29, 0.717) is 17.7 Å². The fourth-order valence-corrected chi connectivity index (χ4v) is 5.25. The predicted octanol–water partition coefficient (Wildman–Crippen LogP) is 4.17. The Morgan fingerprint density at radius 3 is 2.33 bits per heavy atom. The molecule has 1 saturated heterocycles. The topological polar surface area (TPSA) is 90.0 Å². The Hall–Kier alpha value is -2.97. The van der Waals surface area contributed by atoms with E-state index < -0.39 is 26.5 Å². The Bertz CT molecular complexity index is 1150. The van der Waals surface area contributed by atoms with E-state index in [1.807, 2.05) is 30.3 Å². The Balaban J connectivity index is 1.60. The molecule has 0 N–H and O–H groups in total. The van der Waals surface area contributed by atoms with Gasteiger partial charge in [-0.25, -0.2) is 13.2 Å². The van der Waals surface area contributed by atoms with Crippen LogP contribution in [0.3, 0.4) is 0 Å². The summed E-state index contributed by atoms with van der Waals surface area (Å²) in [5, 5.41) is 0. The zero-order valence-electron chi connectivity index (χ0n) is 21.0. The zero-order valence-corrected chi connectivity index (χ0v) is 21.8. The molecule has 2 aromatic carbocycles. The van der Waals surface area contributed by atoms with Gasteiger partial charge in [-0.1, -0.05) is 61.0 Å². The number of sulfone groups is 1. The molecule has 1 aliphatic heterocycles. The third kappa shape index (κ3) is 7.77. The number of benzene rings is 2. The van der Waals surface area contributed by atoms with Crippen molar-refractivity contribution in [3.8, 4) is 0 Å². The van der Waals surface area contributed by atoms with Crippen LogP contribution in [-0.2, 0) is 41.3 Å². The smallest absolute Gasteiger partial charge is 0.331 e. The van der Waals surface area contributed by atoms with Crippen molar-refractivity contribution in [1.82, 2.24) is 4.90 Å². The van der Waals surface area contributed by atoms with Gasteiger partial charge in [0.25, 0.3) is 0 Å². The van der Waals surface area contributed by atoms with Crippen LogP contribution >= 0.6 is 0 Å². The minimum atomic E-state index is -3.91. The van der Waals surface area contributed by atoms with E-state index in [1.54, 1.807) is 24.3 Å². The summed E-state index contributed by atoms with van der Waals surface area (Å²) < 4.78 is 35.4. The van der Waals surface area contributed by atoms with E-state index >= 15 is 0 Å². The second kappa shape index (κ2) is 12.8. The molecule has 3 rings (SSSR count). The lowest BCUT2D eigenvalue weighted by atomic mass is 10.1. The van der Waals surface area contributed by atoms with E-state index in [1.165, 1.54) is 32.4 Å². The van der Waals surface area contributed by atoms with Gasteiger partial charge in [-0.05, 0) is 62.5 Å². The van der Waals surface area contributed by atoms with Crippen LogP contribution in [0, 0.1) is 0 Å². The van der Waals surface area contributed by atoms with Crippen molar-refractivity contribution in [2.45, 2.75) is 50.2 Å². The molecule has 0 radical (unpaired) electrons. The van der Waals surface area contributed by atoms with E-state index in [-0.39, 0.29) is 19.0 Å². The number of hydrogen-bond donors (Lipinski definition) is 0. The van der Waals surface area contributed by atoms with E-state index in [0.717, 1.165) is 31.5 Å². The SMILES string of the molecule is CC(C)(C(=O)OCCN1CCCCC1)S(=O)(=O)Cc1ccccc1/C=C/C(=O)OCc1ccccc1. The fourth-order valence-electron chi connectivity index (χ4n) is 3.90. The normalized spacial score (nSPS) is 15.1. The Morgan fingerprint density at radius 2 is 1.61 bits per heavy atom. The maximum Gasteiger partial charge on any atom is 0.331 e. The highest BCUT2D eigenvalue weighted by atomic mass is 32.2. The predicted molar refractivity (Wildman–Crippen MR) is 140 cm³/mol. The summed E-state index contributed by atoms with van der Waals surface area (Å²) in [5.41, 5.74) is 1.92. The highest BCUT2D eigenvalue weighted by Gasteiger charge is 2.43. The van der Waals surface area contributed by atoms with Crippen LogP contribution in [0.1, 0.15) is 49.8 Å². The van der Waals surface area contributed by atoms with Gasteiger partial charge in [0.05, 0.1) is 5.75 Å². The van der Waals surface area contributed by atoms with Crippen molar-refractivity contribution in [1.29, 1.82) is 0 Å². The maximum absolute atomic E-state index is 13.3. The molecule has 0 bridgehead atoms. The number of esters is 2. The summed E-state index contributed by atoms with van der Waals surface area (Å²) in [4.78, 5) is 27.1. The molecule has 36 heavy (non-hydrogen) atoms. The van der Waals surface area contributed by atoms with E-state index in [2.05, 4.69) is 4.90 Å². The minimum absolute atomic E-state index is 0.147. The third-order valence-electron chi connectivity index (χ3n) is 6.38. The van der Waals surface area contributed by atoms with Crippen molar-refractivity contribution in [2.24, 2.45) is 0 Å². The molecular formula is C28H35NO6S. The quantitative estimate of drug-likeness (QED) is 0.329. The van der Waals surface area contributed by atoms with Gasteiger partial charge in [0.15, 0.2) is 14.6 Å². The monoisotopic (exact) mass is 513 g/mol. The third-order valence-corrected chi connectivity index (χ3v) is 8.79. The highest BCUT2D eigenvalue weighted by molar-refractivity contribution is 7.92. The first kappa shape index (κ1) is 27.6. The molecule has 194 valence electrons. The van der Waals surface area contributed by atoms with Crippen molar-refractivity contribution in [2.75, 3.05) is 26.2 Å². The zero-order chi connectivity index (χ0) is 26.0. The summed E-state index contributed by atoms with van der Waals surface area (Å²) in [6, 6.07) is 16.2. The lowest BCUT2D eigenvalue weighted by Gasteiger charge is -2.27. The van der Waals surface area contributed by atoms with Crippen molar-refractivity contribution < 1.29 is 27.5 Å². The fraction of sp³-hybridized carbons (Fsp3) is 0.429. The minimum Gasteiger partial charge on any atom is -0.463 e. The number of rotatable bonds is 11. The summed E-state index contributed by atoms with van der Waals surface area (Å²) in [6.07, 6.45) is 6.28. The molecule has 1 fully saturated rings. The molecular weight excluding hydrogens is 478 g/mol. The average molecular weight is 514 g/mol. The van der Waals surface area contributed by atoms with Gasteiger partial charge >= 0.3 is 11.9 Å². The number of carbonyl (C=O) groups is 2. The molecule has 1 aliphatic rings. The number of carbonyl (C=O) groups excluding carboxylic acids is 2. The van der Waals surface area contributed by atoms with Crippen molar-refractivity contribution >= 4 is 27.9 Å². The molecule has 7 nitrogen and oxygen atoms in total. The lowest BCUT2D eigenvalue weighted by molar-refractivity contribution is -0.146. The second-order valence-electron chi connectivity index (χ2n) is 9.43. The van der Waals surface area contributed by atoms with Crippen LogP contribution in [0.4, 0.5) is 0 Å². The first-order chi connectivity index (χ1) is 17.2. The number of ether oxygens (including phenoxy) is 2. The number of hydrogen-bond acceptors (Lipinski definition) is 7. The first-order valence-electron chi connectivity index (χ1n) is 12.3. The standard InChI is InChI=1S/C28H35NO6S/c1-28(2,27(31)34-20-19-29-17-9-4-10-18-29)36(32,33)22-25-14-8-7-13-24(25)15-16-26(30)35-21-23-11-5-3-6-12-23/h3,5-8,11-16H,4,9-10,17-22H2,1-2H3/b16-15+. The molecule has 0 aliphatic carbocycles. The van der Waals surface area contributed by atoms with Gasteiger partial charge in [-0.15, -0.1) is 0 Å². The summed E-state index contributed by atoms with van der Waals surface area (Å²) in [6.45, 7) is 5.63. The largest absolute Gasteiger partial charge is 0.463 e. The molecule has 8 heteroatoms. The van der Waals surface area contributed by atoms with Crippen LogP contribution in [-0.4, -0.2) is 56.2 Å². The maximum atomic E-state index is 13.3. The number of likely N-dealkylation sites (tertiary alicyclic amines) is 1. The summed E-state index contributed by atoms with van der Waals surface area (Å²) >= 11 is 0. The second-order valence-corrected chi connectivity index (χ2v) is 12.0. The number of nitrogens with zero attached hydrogens (tertiary/aromatic N) is 1. The molecule has 1 heterocycles. The Labute approximate surface area is 214 Å². The molecule has 0 saturated carbocycles. The van der Waals surface area contributed by atoms with Crippen LogP contribution in [0.25, 0.3) is 6.08 Å². The Kier molecular flexibility index (Phi) is 9.84. The van der Waals surface area contributed by atoms with Gasteiger partial charge < -0.3 is 9.47 Å². The van der Waals surface area contributed by atoms with Gasteiger partial charge in [-0.2, -0.15) is 0 Å². The van der Waals surface area contributed by atoms with E-state index in [9.17, 15) is 18.0 Å². The van der Waals surface area contributed by atoms with Crippen LogP contribution in [0.2, 0.25) is 0 Å². The molecule has 0 amide bonds. The Morgan fingerprint density at radius 1 is 0.944 bits per heavy atom. The molecule has 0 atom stereocenters. The molecule has 0 spiro atoms. The van der Waals surface area contributed by atoms with Gasteiger partial charge in [0.1, 0.15) is 13.2 Å². The van der Waals surface area contributed by atoms with Gasteiger partial charge in [-0.3, -0.25) is 9.69 Å². The molecule has 0 unspecified atom stereocenters. The lowest BCUT2D eigenvalue weighted by Crippen LogP contribution is -2.44. The van der Waals surface area contributed by atoms with Crippen LogP contribution in [0.15, 0.2) is 60.7 Å². The van der Waals surface area contributed by atoms with E-state index in [4.69, 9.17) is 9.47 Å². The number of piperidine rings is 1. The van der Waals surface area contributed by atoms with Crippen LogP contribution < -0.4 is 0 Å². The van der Waals surface area contributed by atoms with Crippen molar-refractivity contribution in [3.63, 3.8) is 0 Å². The van der Waals surface area contributed by atoms with Crippen LogP contribution in [0.5, 0.6) is 0 Å². The molecule has 2 aromatic rings. The summed E-state index contributed by atoms with van der Waals surface area (Å²) in [5.74, 6) is -1.65. The van der Waals surface area contributed by atoms with Gasteiger partial charge in [0, 0.05) is 12.6 Å². The average Bonchev–Trinajstić information content (AvgIpc) is 2.87. The molecule has 0 aromatic heterocycles.